The Balaban J connectivity index is 1.43. The highest BCUT2D eigenvalue weighted by molar-refractivity contribution is 7.89. The average Bonchev–Trinajstić information content (AvgIpc) is 3.07. The molecule has 0 radical (unpaired) electrons. The summed E-state index contributed by atoms with van der Waals surface area (Å²) in [5.74, 6) is -0.402. The van der Waals surface area contributed by atoms with Crippen LogP contribution in [-0.4, -0.2) is 36.7 Å². The van der Waals surface area contributed by atoms with E-state index in [2.05, 4.69) is 10.3 Å². The van der Waals surface area contributed by atoms with E-state index in [1.165, 1.54) is 16.4 Å². The molecule has 1 aliphatic heterocycles. The number of aromatic amines is 1. The minimum absolute atomic E-state index is 0.136. The summed E-state index contributed by atoms with van der Waals surface area (Å²) < 4.78 is 27.9. The number of sulfonamides is 1. The van der Waals surface area contributed by atoms with Gasteiger partial charge in [0.15, 0.2) is 0 Å². The van der Waals surface area contributed by atoms with Crippen molar-refractivity contribution in [2.24, 2.45) is 5.92 Å². The number of thiazole rings is 1. The molecule has 4 rings (SSSR count). The number of amides is 1. The molecule has 0 atom stereocenters. The van der Waals surface area contributed by atoms with Crippen LogP contribution < -0.4 is 10.2 Å². The standard InChI is InChI=1S/C19H18ClN3O4S2/c20-13-2-1-3-14(10-13)21-18(24)12-6-8-23(9-7-12)29(26,27)15-4-5-16-17(11-15)28-19(25)22-16/h1-5,10-12H,6-9H2,(H,21,24)(H,22,25). The number of nitrogens with zero attached hydrogens (tertiary/aromatic N) is 1. The summed E-state index contributed by atoms with van der Waals surface area (Å²) in [6.07, 6.45) is 0.872. The fourth-order valence-electron chi connectivity index (χ4n) is 3.40. The maximum absolute atomic E-state index is 13.0. The number of anilines is 1. The van der Waals surface area contributed by atoms with Crippen LogP contribution in [0.3, 0.4) is 0 Å². The smallest absolute Gasteiger partial charge is 0.305 e. The Kier molecular flexibility index (Phi) is 5.48. The van der Waals surface area contributed by atoms with Crippen molar-refractivity contribution in [2.75, 3.05) is 18.4 Å². The van der Waals surface area contributed by atoms with Gasteiger partial charge in [0.05, 0.1) is 15.1 Å². The molecule has 2 N–H and O–H groups in total. The number of H-pyrrole nitrogens is 1. The van der Waals surface area contributed by atoms with Crippen molar-refractivity contribution in [3.05, 3.63) is 57.2 Å². The molecule has 1 aromatic heterocycles. The Morgan fingerprint density at radius 2 is 1.93 bits per heavy atom. The van der Waals surface area contributed by atoms with Crippen molar-refractivity contribution in [1.82, 2.24) is 9.29 Å². The van der Waals surface area contributed by atoms with E-state index in [1.54, 1.807) is 30.3 Å². The van der Waals surface area contributed by atoms with Crippen LogP contribution in [0.2, 0.25) is 5.02 Å². The normalized spacial score (nSPS) is 16.2. The lowest BCUT2D eigenvalue weighted by atomic mass is 9.97. The first kappa shape index (κ1) is 20.1. The highest BCUT2D eigenvalue weighted by atomic mass is 35.5. The lowest BCUT2D eigenvalue weighted by Gasteiger charge is -2.30. The number of fused-ring (bicyclic) bond motifs is 1. The first-order chi connectivity index (χ1) is 13.8. The molecule has 1 saturated heterocycles. The summed E-state index contributed by atoms with van der Waals surface area (Å²) in [6, 6.07) is 11.5. The van der Waals surface area contributed by atoms with Crippen LogP contribution in [0.5, 0.6) is 0 Å². The van der Waals surface area contributed by atoms with E-state index < -0.39 is 10.0 Å². The number of carbonyl (C=O) groups excluding carboxylic acids is 1. The number of rotatable bonds is 4. The summed E-state index contributed by atoms with van der Waals surface area (Å²) >= 11 is 6.91. The van der Waals surface area contributed by atoms with E-state index in [0.717, 1.165) is 11.3 Å². The van der Waals surface area contributed by atoms with E-state index in [4.69, 9.17) is 11.6 Å². The van der Waals surface area contributed by atoms with Crippen LogP contribution in [0.4, 0.5) is 5.69 Å². The molecule has 0 unspecified atom stereocenters. The van der Waals surface area contributed by atoms with Crippen LogP contribution in [0.15, 0.2) is 52.2 Å². The maximum Gasteiger partial charge on any atom is 0.305 e. The van der Waals surface area contributed by atoms with Gasteiger partial charge in [0.2, 0.25) is 15.9 Å². The van der Waals surface area contributed by atoms with Crippen LogP contribution in [0.25, 0.3) is 10.2 Å². The summed E-state index contributed by atoms with van der Waals surface area (Å²) in [6.45, 7) is 0.523. The molecular formula is C19H18ClN3O4S2. The molecule has 10 heteroatoms. The van der Waals surface area contributed by atoms with Gasteiger partial charge in [-0.15, -0.1) is 0 Å². The van der Waals surface area contributed by atoms with Gasteiger partial charge in [0.25, 0.3) is 0 Å². The van der Waals surface area contributed by atoms with E-state index in [-0.39, 0.29) is 34.7 Å². The third kappa shape index (κ3) is 4.23. The third-order valence-corrected chi connectivity index (χ3v) is 7.92. The fourth-order valence-corrected chi connectivity index (χ4v) is 5.94. The molecule has 1 fully saturated rings. The predicted octanol–water partition coefficient (Wildman–Crippen LogP) is 3.28. The molecule has 7 nitrogen and oxygen atoms in total. The average molecular weight is 452 g/mol. The third-order valence-electron chi connectivity index (χ3n) is 4.95. The second-order valence-corrected chi connectivity index (χ2v) is 10.2. The Morgan fingerprint density at radius 3 is 2.66 bits per heavy atom. The lowest BCUT2D eigenvalue weighted by Crippen LogP contribution is -2.41. The molecule has 0 saturated carbocycles. The number of nitrogens with one attached hydrogen (secondary N) is 2. The van der Waals surface area contributed by atoms with E-state index in [0.29, 0.717) is 33.8 Å². The zero-order valence-electron chi connectivity index (χ0n) is 15.2. The zero-order valence-corrected chi connectivity index (χ0v) is 17.6. The molecule has 3 aromatic rings. The van der Waals surface area contributed by atoms with Gasteiger partial charge in [0, 0.05) is 29.7 Å². The minimum Gasteiger partial charge on any atom is -0.326 e. The molecule has 0 aliphatic carbocycles. The highest BCUT2D eigenvalue weighted by Crippen LogP contribution is 2.27. The van der Waals surface area contributed by atoms with Gasteiger partial charge in [-0.1, -0.05) is 29.0 Å². The quantitative estimate of drug-likeness (QED) is 0.635. The number of piperidine rings is 1. The largest absolute Gasteiger partial charge is 0.326 e. The molecule has 152 valence electrons. The maximum atomic E-state index is 13.0. The predicted molar refractivity (Wildman–Crippen MR) is 114 cm³/mol. The number of halogens is 1. The number of hydrogen-bond acceptors (Lipinski definition) is 5. The summed E-state index contributed by atoms with van der Waals surface area (Å²) in [5, 5.41) is 3.37. The second-order valence-electron chi connectivity index (χ2n) is 6.85. The first-order valence-electron chi connectivity index (χ1n) is 9.02. The topological polar surface area (TPSA) is 99.3 Å². The SMILES string of the molecule is O=C(Nc1cccc(Cl)c1)C1CCN(S(=O)(=O)c2ccc3[nH]c(=O)sc3c2)CC1. The van der Waals surface area contributed by atoms with Crippen molar-refractivity contribution >= 4 is 54.8 Å². The lowest BCUT2D eigenvalue weighted by molar-refractivity contribution is -0.120. The van der Waals surface area contributed by atoms with E-state index in [9.17, 15) is 18.0 Å². The number of benzene rings is 2. The number of hydrogen-bond donors (Lipinski definition) is 2. The van der Waals surface area contributed by atoms with Crippen molar-refractivity contribution in [2.45, 2.75) is 17.7 Å². The van der Waals surface area contributed by atoms with Crippen molar-refractivity contribution in [1.29, 1.82) is 0 Å². The molecule has 1 amide bonds. The van der Waals surface area contributed by atoms with Crippen molar-refractivity contribution in [3.8, 4) is 0 Å². The molecule has 0 spiro atoms. The molecule has 1 aliphatic rings. The van der Waals surface area contributed by atoms with Crippen LogP contribution in [-0.2, 0) is 14.8 Å². The number of aromatic nitrogens is 1. The van der Waals surface area contributed by atoms with Gasteiger partial charge >= 0.3 is 4.87 Å². The van der Waals surface area contributed by atoms with Gasteiger partial charge < -0.3 is 10.3 Å². The Morgan fingerprint density at radius 1 is 1.17 bits per heavy atom. The minimum atomic E-state index is -3.68. The van der Waals surface area contributed by atoms with Gasteiger partial charge in [-0.3, -0.25) is 9.59 Å². The van der Waals surface area contributed by atoms with Crippen LogP contribution in [0.1, 0.15) is 12.8 Å². The second kappa shape index (κ2) is 7.91. The summed E-state index contributed by atoms with van der Waals surface area (Å²) in [7, 11) is -3.68. The number of carbonyl (C=O) groups is 1. The fraction of sp³-hybridized carbons (Fsp3) is 0.263. The molecule has 2 aromatic carbocycles. The van der Waals surface area contributed by atoms with Gasteiger partial charge in [-0.05, 0) is 49.2 Å². The van der Waals surface area contributed by atoms with Gasteiger partial charge in [-0.25, -0.2) is 8.42 Å². The first-order valence-corrected chi connectivity index (χ1v) is 11.7. The monoisotopic (exact) mass is 451 g/mol. The molecule has 2 heterocycles. The van der Waals surface area contributed by atoms with Crippen LogP contribution in [0, 0.1) is 5.92 Å². The van der Waals surface area contributed by atoms with Gasteiger partial charge in [0.1, 0.15) is 0 Å². The van der Waals surface area contributed by atoms with E-state index in [1.807, 2.05) is 0 Å². The zero-order chi connectivity index (χ0) is 20.6. The Bertz CT molecular complexity index is 1230. The Labute approximate surface area is 176 Å². The summed E-state index contributed by atoms with van der Waals surface area (Å²) in [5.41, 5.74) is 1.24. The molecular weight excluding hydrogens is 434 g/mol. The van der Waals surface area contributed by atoms with Gasteiger partial charge in [-0.2, -0.15) is 4.31 Å². The van der Waals surface area contributed by atoms with Crippen molar-refractivity contribution in [3.63, 3.8) is 0 Å². The molecule has 0 bridgehead atoms. The highest BCUT2D eigenvalue weighted by Gasteiger charge is 2.32. The summed E-state index contributed by atoms with van der Waals surface area (Å²) in [4.78, 5) is 26.6. The van der Waals surface area contributed by atoms with Crippen molar-refractivity contribution < 1.29 is 13.2 Å². The van der Waals surface area contributed by atoms with Crippen LogP contribution >= 0.6 is 22.9 Å². The Hall–Kier alpha value is -2.20. The molecule has 29 heavy (non-hydrogen) atoms. The van der Waals surface area contributed by atoms with E-state index >= 15 is 0 Å².